The van der Waals surface area contributed by atoms with Crippen LogP contribution in [0.15, 0.2) is 0 Å². The van der Waals surface area contributed by atoms with Crippen LogP contribution in [0, 0.1) is 0 Å². The van der Waals surface area contributed by atoms with Gasteiger partial charge in [-0.3, -0.25) is 0 Å². The molecule has 2 N–H and O–H groups in total. The first-order chi connectivity index (χ1) is 2.81. The Balaban J connectivity index is 2.99. The molecule has 29 valence electrons. The largest absolute Gasteiger partial charge is 0.325 e. The molecule has 0 aromatic carbocycles. The third kappa shape index (κ3) is 2.03. The van der Waals surface area contributed by atoms with Crippen LogP contribution in [-0.2, 0) is 4.79 Å². The van der Waals surface area contributed by atoms with Crippen molar-refractivity contribution in [3.63, 3.8) is 0 Å². The van der Waals surface area contributed by atoms with Crippen LogP contribution in [0.3, 0.4) is 0 Å². The monoisotopic (exact) mass is 80.0 g/mol. The van der Waals surface area contributed by atoms with Gasteiger partial charge in [-0.2, -0.15) is 0 Å². The molecule has 0 unspecified atom stereocenters. The predicted octanol–water partition coefficient (Wildman–Crippen LogP) is -1.74. The minimum absolute atomic E-state index is 0.0104. The Labute approximate surface area is 38.7 Å². The van der Waals surface area contributed by atoms with Crippen molar-refractivity contribution in [1.82, 2.24) is 0 Å². The molecule has 6 heavy (non-hydrogen) atoms. The Morgan fingerprint density at radius 3 is 2.50 bits per heavy atom. The molecule has 0 saturated carbocycles. The van der Waals surface area contributed by atoms with Crippen LogP contribution in [0.4, 0.5) is 0 Å². The van der Waals surface area contributed by atoms with Gasteiger partial charge in [0.15, 0.2) is 0 Å². The van der Waals surface area contributed by atoms with Crippen LogP contribution >= 0.6 is 0 Å². The smallest absolute Gasteiger partial charge is 0.147 e. The van der Waals surface area contributed by atoms with Crippen LogP contribution in [0.25, 0.3) is 0 Å². The van der Waals surface area contributed by atoms with Crippen LogP contribution in [-0.4, -0.2) is 27.1 Å². The standard InChI is InChI=1S/C2H4B2NO/c3-4-2(6)1-5/h1,5H2. The Morgan fingerprint density at radius 1 is 2.00 bits per heavy atom. The highest BCUT2D eigenvalue weighted by Gasteiger charge is 1.88. The highest BCUT2D eigenvalue weighted by molar-refractivity contribution is 7.08. The fraction of sp³-hybridized carbons (Fsp3) is 0.500. The maximum absolute atomic E-state index is 9.88. The highest BCUT2D eigenvalue weighted by Crippen LogP contribution is 1.51. The molecule has 0 aliphatic carbocycles. The fourth-order valence-electron chi connectivity index (χ4n) is 0.0680. The minimum Gasteiger partial charge on any atom is -0.325 e. The maximum Gasteiger partial charge on any atom is 0.147 e. The first-order valence-corrected chi connectivity index (χ1v) is 1.59. The third-order valence-electron chi connectivity index (χ3n) is 0.387. The van der Waals surface area contributed by atoms with E-state index in [2.05, 4.69) is 0 Å². The summed E-state index contributed by atoms with van der Waals surface area (Å²) in [6, 6.07) is 0. The van der Waals surface area contributed by atoms with Crippen molar-refractivity contribution in [2.45, 2.75) is 0 Å². The van der Waals surface area contributed by atoms with Crippen molar-refractivity contribution in [3.8, 4) is 0 Å². The SMILES string of the molecule is [B][B]C(=O)CN. The lowest BCUT2D eigenvalue weighted by Crippen LogP contribution is -2.19. The molecule has 0 spiro atoms. The lowest BCUT2D eigenvalue weighted by molar-refractivity contribution is -0.110. The average Bonchev–Trinajstić information content (AvgIpc) is 1.65. The topological polar surface area (TPSA) is 43.1 Å². The van der Waals surface area contributed by atoms with Crippen LogP contribution < -0.4 is 5.73 Å². The van der Waals surface area contributed by atoms with Gasteiger partial charge in [-0.1, -0.05) is 0 Å². The van der Waals surface area contributed by atoms with Crippen LogP contribution in [0.5, 0.6) is 0 Å². The van der Waals surface area contributed by atoms with Gasteiger partial charge in [0.25, 0.3) is 0 Å². The molecule has 0 aliphatic rings. The number of hydrogen-bond acceptors (Lipinski definition) is 2. The van der Waals surface area contributed by atoms with Gasteiger partial charge in [-0.25, -0.2) is 0 Å². The second kappa shape index (κ2) is 2.97. The fourth-order valence-corrected chi connectivity index (χ4v) is 0.0680. The molecular formula is C2H4B2NO. The molecule has 2 nitrogen and oxygen atoms in total. The molecule has 0 atom stereocenters. The highest BCUT2D eigenvalue weighted by atomic mass is 16.1. The number of hydrogen-bond donors (Lipinski definition) is 1. The van der Waals surface area contributed by atoms with E-state index in [1.807, 2.05) is 0 Å². The molecule has 0 aromatic heterocycles. The van der Waals surface area contributed by atoms with E-state index in [1.54, 1.807) is 0 Å². The van der Waals surface area contributed by atoms with Crippen molar-refractivity contribution in [3.05, 3.63) is 0 Å². The summed E-state index contributed by atoms with van der Waals surface area (Å²) in [4.78, 5) is 9.88. The molecular weight excluding hydrogens is 75.7 g/mol. The molecule has 0 rings (SSSR count). The van der Waals surface area contributed by atoms with Crippen LogP contribution in [0.2, 0.25) is 0 Å². The van der Waals surface area contributed by atoms with Gasteiger partial charge >= 0.3 is 0 Å². The van der Waals surface area contributed by atoms with Gasteiger partial charge in [0.05, 0.1) is 5.68 Å². The van der Waals surface area contributed by atoms with E-state index < -0.39 is 0 Å². The molecule has 0 bridgehead atoms. The van der Waals surface area contributed by atoms with Gasteiger partial charge in [0, 0.05) is 14.3 Å². The Kier molecular flexibility index (Phi) is 2.85. The zero-order chi connectivity index (χ0) is 4.99. The van der Waals surface area contributed by atoms with Crippen molar-refractivity contribution >= 4 is 20.6 Å². The molecule has 4 heteroatoms. The zero-order valence-electron chi connectivity index (χ0n) is 3.35. The van der Waals surface area contributed by atoms with Crippen molar-refractivity contribution in [1.29, 1.82) is 0 Å². The number of nitrogens with two attached hydrogens (primary N) is 1. The summed E-state index contributed by atoms with van der Waals surface area (Å²) in [6.07, 6.45) is 0. The molecule has 3 radical (unpaired) electrons. The second-order valence-corrected chi connectivity index (χ2v) is 0.837. The maximum atomic E-state index is 9.88. The summed E-state index contributed by atoms with van der Waals surface area (Å²) in [6.45, 7) is 0.0104. The second-order valence-electron chi connectivity index (χ2n) is 0.837. The van der Waals surface area contributed by atoms with E-state index in [0.29, 0.717) is 0 Å². The van der Waals surface area contributed by atoms with Crippen molar-refractivity contribution in [2.75, 3.05) is 6.54 Å². The summed E-state index contributed by atoms with van der Waals surface area (Å²) in [5.41, 5.74) is 4.59. The Morgan fingerprint density at radius 2 is 2.50 bits per heavy atom. The first-order valence-electron chi connectivity index (χ1n) is 1.59. The van der Waals surface area contributed by atoms with Crippen LogP contribution in [0.1, 0.15) is 0 Å². The number of carbonyl (C=O) groups excluding carboxylic acids is 1. The summed E-state index contributed by atoms with van der Waals surface area (Å²) < 4.78 is 0. The van der Waals surface area contributed by atoms with E-state index in [9.17, 15) is 4.79 Å². The summed E-state index contributed by atoms with van der Waals surface area (Å²) in [5.74, 6) is 0. The number of rotatable bonds is 2. The predicted molar refractivity (Wildman–Crippen MR) is 25.6 cm³/mol. The minimum atomic E-state index is -0.227. The number of carbonyl (C=O) groups is 1. The van der Waals surface area contributed by atoms with E-state index in [4.69, 9.17) is 13.5 Å². The van der Waals surface area contributed by atoms with E-state index in [0.717, 1.165) is 7.17 Å². The van der Waals surface area contributed by atoms with Crippen molar-refractivity contribution in [2.24, 2.45) is 5.73 Å². The van der Waals surface area contributed by atoms with Gasteiger partial charge < -0.3 is 10.5 Å². The Hall–Kier alpha value is -0.240. The van der Waals surface area contributed by atoms with E-state index >= 15 is 0 Å². The van der Waals surface area contributed by atoms with Gasteiger partial charge in [0.1, 0.15) is 7.17 Å². The van der Waals surface area contributed by atoms with E-state index in [-0.39, 0.29) is 12.2 Å². The summed E-state index contributed by atoms with van der Waals surface area (Å²) in [5, 5.41) is 0. The quantitative estimate of drug-likeness (QED) is 0.400. The Bertz CT molecular complexity index is 49.5. The normalized spacial score (nSPS) is 7.50. The van der Waals surface area contributed by atoms with Crippen molar-refractivity contribution < 1.29 is 4.79 Å². The average molecular weight is 79.7 g/mol. The first kappa shape index (κ1) is 5.76. The third-order valence-corrected chi connectivity index (χ3v) is 0.387. The summed E-state index contributed by atoms with van der Waals surface area (Å²) >= 11 is 0. The molecule has 0 aromatic rings. The lowest BCUT2D eigenvalue weighted by Gasteiger charge is -1.81. The lowest BCUT2D eigenvalue weighted by atomic mass is 9.53. The summed E-state index contributed by atoms with van der Waals surface area (Å²) in [7, 11) is 5.69. The van der Waals surface area contributed by atoms with Gasteiger partial charge in [-0.05, 0) is 0 Å². The van der Waals surface area contributed by atoms with Gasteiger partial charge in [-0.15, -0.1) is 0 Å². The molecule has 0 heterocycles. The molecule has 0 amide bonds. The molecule has 0 aliphatic heterocycles. The van der Waals surface area contributed by atoms with Gasteiger partial charge in [0.2, 0.25) is 0 Å². The molecule has 0 fully saturated rings. The van der Waals surface area contributed by atoms with E-state index in [1.165, 1.54) is 0 Å². The molecule has 0 saturated heterocycles. The zero-order valence-corrected chi connectivity index (χ0v) is 3.35.